The molecule has 0 radical (unpaired) electrons. The molecule has 0 saturated heterocycles. The van der Waals surface area contributed by atoms with Gasteiger partial charge in [0.15, 0.2) is 6.04 Å². The molecular weight excluding hydrogens is 366 g/mol. The number of hydrogen-bond acceptors (Lipinski definition) is 5. The van der Waals surface area contributed by atoms with Gasteiger partial charge in [-0.15, -0.1) is 0 Å². The van der Waals surface area contributed by atoms with Crippen LogP contribution in [0.2, 0.25) is 0 Å². The number of alkyl carbamates (subject to hydrolysis) is 1. The van der Waals surface area contributed by atoms with E-state index in [4.69, 9.17) is 9.47 Å². The van der Waals surface area contributed by atoms with E-state index < -0.39 is 29.8 Å². The number of carbonyl (C=O) groups excluding carboxylic acids is 2. The molecule has 0 saturated carbocycles. The Balaban J connectivity index is 2.96. The van der Waals surface area contributed by atoms with E-state index >= 15 is 0 Å². The average molecular weight is 388 g/mol. The fourth-order valence-electron chi connectivity index (χ4n) is 1.82. The third-order valence-electron chi connectivity index (χ3n) is 2.72. The lowest BCUT2D eigenvalue weighted by Crippen LogP contribution is -2.47. The Morgan fingerprint density at radius 2 is 2.00 bits per heavy atom. The van der Waals surface area contributed by atoms with Crippen molar-refractivity contribution in [2.24, 2.45) is 0 Å². The van der Waals surface area contributed by atoms with Crippen LogP contribution in [0.25, 0.3) is 0 Å². The highest BCUT2D eigenvalue weighted by Gasteiger charge is 2.32. The van der Waals surface area contributed by atoms with E-state index in [0.717, 1.165) is 4.47 Å². The van der Waals surface area contributed by atoms with Crippen LogP contribution in [0.3, 0.4) is 0 Å². The number of aliphatic hydroxyl groups is 1. The van der Waals surface area contributed by atoms with Gasteiger partial charge in [0.05, 0.1) is 6.61 Å². The number of esters is 1. The summed E-state index contributed by atoms with van der Waals surface area (Å²) in [4.78, 5) is 24.0. The Morgan fingerprint density at radius 3 is 2.52 bits per heavy atom. The maximum Gasteiger partial charge on any atom is 0.408 e. The number of halogens is 1. The number of benzene rings is 1. The zero-order chi connectivity index (χ0) is 17.6. The lowest BCUT2D eigenvalue weighted by Gasteiger charge is -2.25. The van der Waals surface area contributed by atoms with Gasteiger partial charge in [-0.2, -0.15) is 0 Å². The quantitative estimate of drug-likeness (QED) is 0.758. The molecule has 1 aromatic carbocycles. The average Bonchev–Trinajstić information content (AvgIpc) is 2.42. The first kappa shape index (κ1) is 19.4. The lowest BCUT2D eigenvalue weighted by molar-refractivity contribution is -0.148. The minimum absolute atomic E-state index is 0.135. The van der Waals surface area contributed by atoms with Crippen molar-refractivity contribution in [3.63, 3.8) is 0 Å². The first-order valence-corrected chi connectivity index (χ1v) is 8.03. The van der Waals surface area contributed by atoms with Crippen molar-refractivity contribution in [1.82, 2.24) is 5.32 Å². The van der Waals surface area contributed by atoms with Gasteiger partial charge >= 0.3 is 12.1 Å². The van der Waals surface area contributed by atoms with Crippen LogP contribution >= 0.6 is 15.9 Å². The molecule has 0 bridgehead atoms. The van der Waals surface area contributed by atoms with Gasteiger partial charge in [-0.3, -0.25) is 0 Å². The van der Waals surface area contributed by atoms with Crippen LogP contribution in [-0.2, 0) is 14.3 Å². The maximum atomic E-state index is 12.1. The van der Waals surface area contributed by atoms with Crippen molar-refractivity contribution in [2.75, 3.05) is 6.61 Å². The normalized spacial score (nSPS) is 13.8. The van der Waals surface area contributed by atoms with E-state index in [-0.39, 0.29) is 6.61 Å². The standard InChI is InChI=1S/C16H22BrNO5/c1-5-22-14(20)12(18-15(21)23-16(2,3)4)13(19)10-7-6-8-11(17)9-10/h6-9,12-13,19H,5H2,1-4H3,(H,18,21)/t12-,13+/m0/s1. The molecule has 0 spiro atoms. The van der Waals surface area contributed by atoms with Gasteiger partial charge in [0, 0.05) is 4.47 Å². The van der Waals surface area contributed by atoms with E-state index in [2.05, 4.69) is 21.2 Å². The zero-order valence-corrected chi connectivity index (χ0v) is 15.2. The number of amides is 1. The topological polar surface area (TPSA) is 84.9 Å². The highest BCUT2D eigenvalue weighted by Crippen LogP contribution is 2.22. The third-order valence-corrected chi connectivity index (χ3v) is 3.21. The fraction of sp³-hybridized carbons (Fsp3) is 0.500. The van der Waals surface area contributed by atoms with E-state index in [1.165, 1.54) is 0 Å². The number of hydrogen-bond donors (Lipinski definition) is 2. The number of nitrogens with one attached hydrogen (secondary N) is 1. The van der Waals surface area contributed by atoms with Gasteiger partial charge in [0.2, 0.25) is 0 Å². The molecule has 23 heavy (non-hydrogen) atoms. The van der Waals surface area contributed by atoms with E-state index in [9.17, 15) is 14.7 Å². The largest absolute Gasteiger partial charge is 0.464 e. The summed E-state index contributed by atoms with van der Waals surface area (Å²) in [5.74, 6) is -0.731. The second-order valence-corrected chi connectivity index (χ2v) is 6.79. The van der Waals surface area contributed by atoms with Crippen molar-refractivity contribution in [3.05, 3.63) is 34.3 Å². The molecule has 1 aromatic rings. The molecule has 7 heteroatoms. The van der Waals surface area contributed by atoms with Crippen LogP contribution in [0.5, 0.6) is 0 Å². The van der Waals surface area contributed by atoms with Crippen LogP contribution in [0.4, 0.5) is 4.79 Å². The summed E-state index contributed by atoms with van der Waals surface area (Å²) >= 11 is 3.30. The van der Waals surface area contributed by atoms with E-state index in [1.807, 2.05) is 0 Å². The van der Waals surface area contributed by atoms with Gasteiger partial charge < -0.3 is 19.9 Å². The Hall–Kier alpha value is -1.60. The summed E-state index contributed by atoms with van der Waals surface area (Å²) in [5, 5.41) is 12.8. The molecule has 0 fully saturated rings. The number of ether oxygens (including phenoxy) is 2. The second-order valence-electron chi connectivity index (χ2n) is 5.88. The minimum Gasteiger partial charge on any atom is -0.464 e. The minimum atomic E-state index is -1.26. The summed E-state index contributed by atoms with van der Waals surface area (Å²) in [6, 6.07) is 5.56. The van der Waals surface area contributed by atoms with Crippen LogP contribution in [-0.4, -0.2) is 35.4 Å². The zero-order valence-electron chi connectivity index (χ0n) is 13.6. The first-order valence-electron chi connectivity index (χ1n) is 7.23. The lowest BCUT2D eigenvalue weighted by atomic mass is 10.0. The van der Waals surface area contributed by atoms with E-state index in [0.29, 0.717) is 5.56 Å². The van der Waals surface area contributed by atoms with E-state index in [1.54, 1.807) is 52.0 Å². The molecule has 2 atom stereocenters. The summed E-state index contributed by atoms with van der Waals surface area (Å²) in [7, 11) is 0. The van der Waals surface area contributed by atoms with Crippen molar-refractivity contribution < 1.29 is 24.2 Å². The Bertz CT molecular complexity index is 556. The molecule has 128 valence electrons. The smallest absolute Gasteiger partial charge is 0.408 e. The molecule has 6 nitrogen and oxygen atoms in total. The van der Waals surface area contributed by atoms with Crippen LogP contribution in [0.15, 0.2) is 28.7 Å². The summed E-state index contributed by atoms with van der Waals surface area (Å²) < 4.78 is 10.8. The van der Waals surface area contributed by atoms with Crippen molar-refractivity contribution in [1.29, 1.82) is 0 Å². The highest BCUT2D eigenvalue weighted by molar-refractivity contribution is 9.10. The van der Waals surface area contributed by atoms with Crippen LogP contribution in [0.1, 0.15) is 39.4 Å². The molecular formula is C16H22BrNO5. The van der Waals surface area contributed by atoms with Crippen molar-refractivity contribution in [2.45, 2.75) is 45.4 Å². The molecule has 0 aromatic heterocycles. The van der Waals surface area contributed by atoms with Crippen molar-refractivity contribution >= 4 is 28.0 Å². The molecule has 0 aliphatic carbocycles. The van der Waals surface area contributed by atoms with Crippen molar-refractivity contribution in [3.8, 4) is 0 Å². The monoisotopic (exact) mass is 387 g/mol. The maximum absolute atomic E-state index is 12.1. The molecule has 0 aliphatic rings. The number of aliphatic hydroxyl groups excluding tert-OH is 1. The summed E-state index contributed by atoms with van der Waals surface area (Å²) in [5.41, 5.74) is -0.252. The highest BCUT2D eigenvalue weighted by atomic mass is 79.9. The predicted molar refractivity (Wildman–Crippen MR) is 88.9 cm³/mol. The molecule has 0 aliphatic heterocycles. The molecule has 1 rings (SSSR count). The predicted octanol–water partition coefficient (Wildman–Crippen LogP) is 2.94. The molecule has 0 unspecified atom stereocenters. The summed E-state index contributed by atoms with van der Waals surface area (Å²) in [6.45, 7) is 6.90. The molecule has 2 N–H and O–H groups in total. The fourth-order valence-corrected chi connectivity index (χ4v) is 2.23. The SMILES string of the molecule is CCOC(=O)[C@@H](NC(=O)OC(C)(C)C)[C@H](O)c1cccc(Br)c1. The first-order chi connectivity index (χ1) is 10.6. The Labute approximate surface area is 144 Å². The van der Waals surface area contributed by atoms with Gasteiger partial charge in [0.1, 0.15) is 11.7 Å². The van der Waals surface area contributed by atoms with Gasteiger partial charge in [0.25, 0.3) is 0 Å². The van der Waals surface area contributed by atoms with Gasteiger partial charge in [-0.05, 0) is 45.4 Å². The van der Waals surface area contributed by atoms with Crippen LogP contribution < -0.4 is 5.32 Å². The molecule has 0 heterocycles. The number of carbonyl (C=O) groups is 2. The Morgan fingerprint density at radius 1 is 1.35 bits per heavy atom. The number of rotatable bonds is 5. The second kappa shape index (κ2) is 8.31. The molecule has 1 amide bonds. The summed E-state index contributed by atoms with van der Waals surface area (Å²) in [6.07, 6.45) is -2.07. The van der Waals surface area contributed by atoms with Crippen LogP contribution in [0, 0.1) is 0 Å². The Kier molecular flexibility index (Phi) is 7.02. The third kappa shape index (κ3) is 6.58. The van der Waals surface area contributed by atoms with Gasteiger partial charge in [-0.1, -0.05) is 28.1 Å². The van der Waals surface area contributed by atoms with Gasteiger partial charge in [-0.25, -0.2) is 9.59 Å².